The van der Waals surface area contributed by atoms with E-state index >= 15 is 0 Å². The van der Waals surface area contributed by atoms with E-state index in [1.807, 2.05) is 26.1 Å². The predicted molar refractivity (Wildman–Crippen MR) is 68.3 cm³/mol. The van der Waals surface area contributed by atoms with Crippen molar-refractivity contribution in [1.29, 1.82) is 0 Å². The van der Waals surface area contributed by atoms with E-state index in [-0.39, 0.29) is 30.3 Å². The van der Waals surface area contributed by atoms with Gasteiger partial charge in [-0.3, -0.25) is 4.90 Å². The summed E-state index contributed by atoms with van der Waals surface area (Å²) < 4.78 is 12.7. The predicted octanol–water partition coefficient (Wildman–Crippen LogP) is 2.59. The molecule has 0 spiro atoms. The van der Waals surface area contributed by atoms with Crippen molar-refractivity contribution in [3.63, 3.8) is 0 Å². The highest BCUT2D eigenvalue weighted by molar-refractivity contribution is 5.85. The van der Waals surface area contributed by atoms with E-state index in [2.05, 4.69) is 11.8 Å². The minimum Gasteiger partial charge on any atom is -0.327 e. The van der Waals surface area contributed by atoms with Crippen molar-refractivity contribution in [1.82, 2.24) is 4.90 Å². The molecule has 2 nitrogen and oxygen atoms in total. The first kappa shape index (κ1) is 15.4. The van der Waals surface area contributed by atoms with Crippen molar-refractivity contribution in [2.24, 2.45) is 5.73 Å². The summed E-state index contributed by atoms with van der Waals surface area (Å²) in [5.74, 6) is -0.194. The number of halogens is 2. The standard InChI is InChI=1S/C12H19FN2.ClH/c1-9(14)8-15(3)10(2)11-4-6-12(13)7-5-11;/h4-7,9-10H,8,14H2,1-3H3;1H. The highest BCUT2D eigenvalue weighted by atomic mass is 35.5. The molecule has 0 fully saturated rings. The van der Waals surface area contributed by atoms with Crippen LogP contribution in [0, 0.1) is 5.82 Å². The van der Waals surface area contributed by atoms with Crippen LogP contribution in [0.15, 0.2) is 24.3 Å². The second-order valence-electron chi connectivity index (χ2n) is 4.14. The van der Waals surface area contributed by atoms with Crippen molar-refractivity contribution in [3.05, 3.63) is 35.6 Å². The average Bonchev–Trinajstić information content (AvgIpc) is 2.17. The fraction of sp³-hybridized carbons (Fsp3) is 0.500. The van der Waals surface area contributed by atoms with Crippen molar-refractivity contribution in [2.45, 2.75) is 25.9 Å². The Hall–Kier alpha value is -0.640. The van der Waals surface area contributed by atoms with Crippen LogP contribution in [-0.4, -0.2) is 24.5 Å². The molecule has 0 saturated heterocycles. The molecular formula is C12H20ClFN2. The van der Waals surface area contributed by atoms with Crippen LogP contribution in [0.3, 0.4) is 0 Å². The SMILES string of the molecule is CC(N)CN(C)C(C)c1ccc(F)cc1.Cl. The number of rotatable bonds is 4. The third kappa shape index (κ3) is 4.47. The van der Waals surface area contributed by atoms with Crippen molar-refractivity contribution < 1.29 is 4.39 Å². The van der Waals surface area contributed by atoms with Gasteiger partial charge in [0.1, 0.15) is 5.82 Å². The Kier molecular flexibility index (Phi) is 6.56. The summed E-state index contributed by atoms with van der Waals surface area (Å²) >= 11 is 0. The van der Waals surface area contributed by atoms with Gasteiger partial charge < -0.3 is 5.73 Å². The van der Waals surface area contributed by atoms with E-state index in [0.29, 0.717) is 0 Å². The molecule has 1 aromatic carbocycles. The van der Waals surface area contributed by atoms with Gasteiger partial charge in [0.2, 0.25) is 0 Å². The molecular weight excluding hydrogens is 227 g/mol. The molecule has 0 aliphatic rings. The molecule has 92 valence electrons. The van der Waals surface area contributed by atoms with Crippen molar-refractivity contribution >= 4 is 12.4 Å². The smallest absolute Gasteiger partial charge is 0.123 e. The molecule has 0 aliphatic carbocycles. The van der Waals surface area contributed by atoms with Crippen LogP contribution in [0.2, 0.25) is 0 Å². The zero-order valence-electron chi connectivity index (χ0n) is 9.98. The van der Waals surface area contributed by atoms with Crippen molar-refractivity contribution in [2.75, 3.05) is 13.6 Å². The lowest BCUT2D eigenvalue weighted by Gasteiger charge is -2.26. The van der Waals surface area contributed by atoms with Gasteiger partial charge in [-0.05, 0) is 38.6 Å². The Morgan fingerprint density at radius 3 is 2.19 bits per heavy atom. The van der Waals surface area contributed by atoms with Crippen LogP contribution in [0.25, 0.3) is 0 Å². The molecule has 0 aromatic heterocycles. The number of nitrogens with two attached hydrogens (primary N) is 1. The van der Waals surface area contributed by atoms with E-state index in [1.54, 1.807) is 0 Å². The molecule has 1 rings (SSSR count). The molecule has 2 atom stereocenters. The maximum atomic E-state index is 12.7. The number of hydrogen-bond donors (Lipinski definition) is 1. The van der Waals surface area contributed by atoms with Crippen LogP contribution in [0.1, 0.15) is 25.5 Å². The molecule has 0 aliphatic heterocycles. The first-order valence-electron chi connectivity index (χ1n) is 5.22. The zero-order chi connectivity index (χ0) is 11.4. The van der Waals surface area contributed by atoms with E-state index in [9.17, 15) is 4.39 Å². The van der Waals surface area contributed by atoms with Crippen LogP contribution in [0.5, 0.6) is 0 Å². The molecule has 0 heterocycles. The Balaban J connectivity index is 0.00000225. The molecule has 16 heavy (non-hydrogen) atoms. The maximum Gasteiger partial charge on any atom is 0.123 e. The summed E-state index contributed by atoms with van der Waals surface area (Å²) in [4.78, 5) is 2.16. The summed E-state index contributed by atoms with van der Waals surface area (Å²) in [7, 11) is 2.03. The van der Waals surface area contributed by atoms with Crippen LogP contribution < -0.4 is 5.73 Å². The quantitative estimate of drug-likeness (QED) is 0.885. The Bertz CT molecular complexity index is 300. The van der Waals surface area contributed by atoms with Crippen LogP contribution >= 0.6 is 12.4 Å². The molecule has 2 unspecified atom stereocenters. The number of benzene rings is 1. The van der Waals surface area contributed by atoms with Gasteiger partial charge in [0.15, 0.2) is 0 Å². The first-order chi connectivity index (χ1) is 7.00. The van der Waals surface area contributed by atoms with E-state index in [4.69, 9.17) is 5.73 Å². The average molecular weight is 247 g/mol. The first-order valence-corrected chi connectivity index (χ1v) is 5.22. The fourth-order valence-electron chi connectivity index (χ4n) is 1.61. The molecule has 0 saturated carbocycles. The van der Waals surface area contributed by atoms with E-state index < -0.39 is 0 Å². The van der Waals surface area contributed by atoms with Gasteiger partial charge >= 0.3 is 0 Å². The Morgan fingerprint density at radius 2 is 1.75 bits per heavy atom. The summed E-state index contributed by atoms with van der Waals surface area (Å²) in [6, 6.07) is 7.03. The third-order valence-corrected chi connectivity index (χ3v) is 2.59. The normalized spacial score (nSPS) is 14.4. The zero-order valence-corrected chi connectivity index (χ0v) is 10.8. The summed E-state index contributed by atoms with van der Waals surface area (Å²) in [5, 5.41) is 0. The Morgan fingerprint density at radius 1 is 1.25 bits per heavy atom. The minimum absolute atomic E-state index is 0. The van der Waals surface area contributed by atoms with Gasteiger partial charge in [0, 0.05) is 18.6 Å². The molecule has 0 bridgehead atoms. The number of hydrogen-bond acceptors (Lipinski definition) is 2. The summed E-state index contributed by atoms with van der Waals surface area (Å²) in [6.45, 7) is 4.90. The monoisotopic (exact) mass is 246 g/mol. The summed E-state index contributed by atoms with van der Waals surface area (Å²) in [6.07, 6.45) is 0. The van der Waals surface area contributed by atoms with Gasteiger partial charge in [-0.2, -0.15) is 0 Å². The lowest BCUT2D eigenvalue weighted by Crippen LogP contribution is -2.34. The van der Waals surface area contributed by atoms with E-state index in [1.165, 1.54) is 12.1 Å². The minimum atomic E-state index is -0.194. The topological polar surface area (TPSA) is 29.3 Å². The number of likely N-dealkylation sites (N-methyl/N-ethyl adjacent to an activating group) is 1. The fourth-order valence-corrected chi connectivity index (χ4v) is 1.61. The van der Waals surface area contributed by atoms with Gasteiger partial charge in [-0.25, -0.2) is 4.39 Å². The van der Waals surface area contributed by atoms with Gasteiger partial charge in [-0.15, -0.1) is 12.4 Å². The maximum absolute atomic E-state index is 12.7. The van der Waals surface area contributed by atoms with E-state index in [0.717, 1.165) is 12.1 Å². The van der Waals surface area contributed by atoms with Crippen molar-refractivity contribution in [3.8, 4) is 0 Å². The molecule has 4 heteroatoms. The largest absolute Gasteiger partial charge is 0.327 e. The van der Waals surface area contributed by atoms with Gasteiger partial charge in [0.05, 0.1) is 0 Å². The third-order valence-electron chi connectivity index (χ3n) is 2.59. The van der Waals surface area contributed by atoms with Crippen LogP contribution in [0.4, 0.5) is 4.39 Å². The lowest BCUT2D eigenvalue weighted by molar-refractivity contribution is 0.249. The second-order valence-corrected chi connectivity index (χ2v) is 4.14. The molecule has 2 N–H and O–H groups in total. The number of nitrogens with zero attached hydrogens (tertiary/aromatic N) is 1. The highest BCUT2D eigenvalue weighted by Gasteiger charge is 2.12. The van der Waals surface area contributed by atoms with Crippen LogP contribution in [-0.2, 0) is 0 Å². The summed E-state index contributed by atoms with van der Waals surface area (Å²) in [5.41, 5.74) is 6.84. The second kappa shape index (κ2) is 6.84. The molecule has 0 amide bonds. The highest BCUT2D eigenvalue weighted by Crippen LogP contribution is 2.18. The molecule has 0 radical (unpaired) electrons. The van der Waals surface area contributed by atoms with Gasteiger partial charge in [-0.1, -0.05) is 12.1 Å². The van der Waals surface area contributed by atoms with Gasteiger partial charge in [0.25, 0.3) is 0 Å². The lowest BCUT2D eigenvalue weighted by atomic mass is 10.1. The molecule has 1 aromatic rings. The Labute approximate surface area is 103 Å².